The molecule has 0 atom stereocenters. The van der Waals surface area contributed by atoms with E-state index in [9.17, 15) is 0 Å². The summed E-state index contributed by atoms with van der Waals surface area (Å²) in [5.74, 6) is 0. The van der Waals surface area contributed by atoms with E-state index in [0.29, 0.717) is 10.0 Å². The lowest BCUT2D eigenvalue weighted by molar-refractivity contribution is 0.282. The first-order chi connectivity index (χ1) is 7.69. The van der Waals surface area contributed by atoms with Crippen LogP contribution in [0.2, 0.25) is 10.0 Å². The fourth-order valence-electron chi connectivity index (χ4n) is 1.23. The van der Waals surface area contributed by atoms with Crippen molar-refractivity contribution in [1.82, 2.24) is 4.98 Å². The van der Waals surface area contributed by atoms with Gasteiger partial charge in [0.05, 0.1) is 21.7 Å². The van der Waals surface area contributed by atoms with Crippen molar-refractivity contribution >= 4 is 35.0 Å². The zero-order valence-corrected chi connectivity index (χ0v) is 10.5. The van der Waals surface area contributed by atoms with E-state index in [1.807, 2.05) is 18.2 Å². The number of aromatic amines is 1. The third-order valence-electron chi connectivity index (χ3n) is 2.02. The molecule has 2 rings (SSSR count). The van der Waals surface area contributed by atoms with Crippen LogP contribution in [0.5, 0.6) is 0 Å². The largest absolute Gasteiger partial charge is 0.392 e. The van der Waals surface area contributed by atoms with Gasteiger partial charge in [-0.1, -0.05) is 35.0 Å². The van der Waals surface area contributed by atoms with Gasteiger partial charge in [-0.2, -0.15) is 0 Å². The van der Waals surface area contributed by atoms with E-state index in [0.717, 1.165) is 15.5 Å². The fourth-order valence-corrected chi connectivity index (χ4v) is 2.49. The molecular formula is C11H9Cl2NOS. The van der Waals surface area contributed by atoms with Crippen molar-refractivity contribution in [2.75, 3.05) is 0 Å². The van der Waals surface area contributed by atoms with Crippen molar-refractivity contribution in [3.05, 3.63) is 46.1 Å². The number of nitrogens with one attached hydrogen (secondary N) is 1. The van der Waals surface area contributed by atoms with Crippen molar-refractivity contribution in [2.24, 2.45) is 0 Å². The van der Waals surface area contributed by atoms with Crippen LogP contribution in [0.25, 0.3) is 0 Å². The number of aromatic nitrogens is 1. The summed E-state index contributed by atoms with van der Waals surface area (Å²) < 4.78 is 0. The second-order valence-corrected chi connectivity index (χ2v) is 5.14. The number of aliphatic hydroxyl groups is 1. The molecule has 1 heterocycles. The molecule has 0 amide bonds. The van der Waals surface area contributed by atoms with E-state index >= 15 is 0 Å². The molecule has 5 heteroatoms. The molecule has 84 valence electrons. The van der Waals surface area contributed by atoms with Gasteiger partial charge in [-0.3, -0.25) is 0 Å². The summed E-state index contributed by atoms with van der Waals surface area (Å²) in [5, 5.41) is 11.0. The number of H-pyrrole nitrogens is 1. The van der Waals surface area contributed by atoms with Crippen LogP contribution in [0, 0.1) is 0 Å². The van der Waals surface area contributed by atoms with Gasteiger partial charge in [0.25, 0.3) is 0 Å². The molecule has 0 radical (unpaired) electrons. The average Bonchev–Trinajstić information content (AvgIpc) is 2.71. The predicted molar refractivity (Wildman–Crippen MR) is 67.3 cm³/mol. The van der Waals surface area contributed by atoms with Gasteiger partial charge in [0.15, 0.2) is 0 Å². The lowest BCUT2D eigenvalue weighted by atomic mass is 10.4. The summed E-state index contributed by atoms with van der Waals surface area (Å²) in [6.07, 6.45) is 1.78. The maximum atomic E-state index is 8.93. The van der Waals surface area contributed by atoms with Crippen LogP contribution in [0.3, 0.4) is 0 Å². The van der Waals surface area contributed by atoms with E-state index in [2.05, 4.69) is 4.98 Å². The maximum Gasteiger partial charge on any atom is 0.0773 e. The van der Waals surface area contributed by atoms with Gasteiger partial charge in [-0.25, -0.2) is 0 Å². The fraction of sp³-hybridized carbons (Fsp3) is 0.0909. The Morgan fingerprint density at radius 3 is 2.62 bits per heavy atom. The molecule has 1 aromatic carbocycles. The second-order valence-electron chi connectivity index (χ2n) is 3.21. The highest BCUT2D eigenvalue weighted by atomic mass is 35.5. The highest BCUT2D eigenvalue weighted by Crippen LogP contribution is 2.32. The first-order valence-corrected chi connectivity index (χ1v) is 6.17. The molecule has 0 aliphatic rings. The van der Waals surface area contributed by atoms with E-state index < -0.39 is 0 Å². The van der Waals surface area contributed by atoms with Gasteiger partial charge >= 0.3 is 0 Å². The Labute approximate surface area is 108 Å². The molecule has 2 nitrogen and oxygen atoms in total. The van der Waals surface area contributed by atoms with Crippen LogP contribution in [0.1, 0.15) is 5.56 Å². The molecule has 0 aliphatic carbocycles. The minimum Gasteiger partial charge on any atom is -0.392 e. The minimum absolute atomic E-state index is 0.0401. The third kappa shape index (κ3) is 2.74. The van der Waals surface area contributed by atoms with Crippen LogP contribution < -0.4 is 0 Å². The quantitative estimate of drug-likeness (QED) is 0.888. The van der Waals surface area contributed by atoms with E-state index in [1.54, 1.807) is 12.3 Å². The Morgan fingerprint density at radius 1 is 1.19 bits per heavy atom. The Hall–Kier alpha value is -0.610. The molecule has 0 fully saturated rings. The standard InChI is InChI=1S/C11H9Cl2NOS/c12-9-2-1-8(4-10(9)13)16-11-3-7(6-15)5-14-11/h1-5,14-15H,6H2. The summed E-state index contributed by atoms with van der Waals surface area (Å²) in [5.41, 5.74) is 0.863. The van der Waals surface area contributed by atoms with Gasteiger partial charge in [-0.05, 0) is 29.8 Å². The molecule has 2 N–H and O–H groups in total. The maximum absolute atomic E-state index is 8.93. The Balaban J connectivity index is 2.17. The van der Waals surface area contributed by atoms with E-state index in [-0.39, 0.29) is 6.61 Å². The SMILES string of the molecule is OCc1c[nH]c(Sc2ccc(Cl)c(Cl)c2)c1. The first kappa shape index (κ1) is 11.9. The highest BCUT2D eigenvalue weighted by molar-refractivity contribution is 7.99. The third-order valence-corrected chi connectivity index (χ3v) is 3.70. The van der Waals surface area contributed by atoms with Crippen LogP contribution in [-0.4, -0.2) is 10.1 Å². The molecule has 2 aromatic rings. The summed E-state index contributed by atoms with van der Waals surface area (Å²) in [7, 11) is 0. The van der Waals surface area contributed by atoms with Gasteiger partial charge in [0, 0.05) is 11.1 Å². The molecule has 0 bridgehead atoms. The molecule has 16 heavy (non-hydrogen) atoms. The molecular weight excluding hydrogens is 265 g/mol. The monoisotopic (exact) mass is 273 g/mol. The van der Waals surface area contributed by atoms with E-state index in [4.69, 9.17) is 28.3 Å². The van der Waals surface area contributed by atoms with E-state index in [1.165, 1.54) is 11.8 Å². The summed E-state index contributed by atoms with van der Waals surface area (Å²) in [6, 6.07) is 7.38. The normalized spacial score (nSPS) is 10.7. The number of hydrogen-bond acceptors (Lipinski definition) is 2. The Morgan fingerprint density at radius 2 is 2.00 bits per heavy atom. The van der Waals surface area contributed by atoms with Crippen molar-refractivity contribution in [3.8, 4) is 0 Å². The molecule has 0 saturated carbocycles. The predicted octanol–water partition coefficient (Wildman–Crippen LogP) is 3.97. The van der Waals surface area contributed by atoms with Crippen molar-refractivity contribution < 1.29 is 5.11 Å². The van der Waals surface area contributed by atoms with Crippen LogP contribution >= 0.6 is 35.0 Å². The second kappa shape index (κ2) is 5.15. The van der Waals surface area contributed by atoms with Gasteiger partial charge in [0.2, 0.25) is 0 Å². The van der Waals surface area contributed by atoms with Gasteiger partial charge in [0.1, 0.15) is 0 Å². The molecule has 0 aliphatic heterocycles. The lowest BCUT2D eigenvalue weighted by Gasteiger charge is -2.00. The lowest BCUT2D eigenvalue weighted by Crippen LogP contribution is -1.75. The smallest absolute Gasteiger partial charge is 0.0773 e. The number of halogens is 2. The molecule has 0 spiro atoms. The average molecular weight is 274 g/mol. The molecule has 0 saturated heterocycles. The minimum atomic E-state index is 0.0401. The number of benzene rings is 1. The van der Waals surface area contributed by atoms with Crippen molar-refractivity contribution in [2.45, 2.75) is 16.5 Å². The van der Waals surface area contributed by atoms with Crippen molar-refractivity contribution in [1.29, 1.82) is 0 Å². The van der Waals surface area contributed by atoms with Crippen LogP contribution in [0.4, 0.5) is 0 Å². The molecule has 0 unspecified atom stereocenters. The number of aliphatic hydroxyl groups excluding tert-OH is 1. The number of rotatable bonds is 3. The highest BCUT2D eigenvalue weighted by Gasteiger charge is 2.03. The summed E-state index contributed by atoms with van der Waals surface area (Å²) in [6.45, 7) is 0.0401. The van der Waals surface area contributed by atoms with Crippen LogP contribution in [-0.2, 0) is 6.61 Å². The van der Waals surface area contributed by atoms with Gasteiger partial charge in [-0.15, -0.1) is 0 Å². The topological polar surface area (TPSA) is 36.0 Å². The number of hydrogen-bond donors (Lipinski definition) is 2. The first-order valence-electron chi connectivity index (χ1n) is 4.60. The zero-order valence-electron chi connectivity index (χ0n) is 8.21. The summed E-state index contributed by atoms with van der Waals surface area (Å²) in [4.78, 5) is 4.07. The van der Waals surface area contributed by atoms with Crippen molar-refractivity contribution in [3.63, 3.8) is 0 Å². The Kier molecular flexibility index (Phi) is 3.82. The summed E-state index contributed by atoms with van der Waals surface area (Å²) >= 11 is 13.3. The Bertz CT molecular complexity index is 498. The van der Waals surface area contributed by atoms with Crippen LogP contribution in [0.15, 0.2) is 40.4 Å². The molecule has 1 aromatic heterocycles. The van der Waals surface area contributed by atoms with Gasteiger partial charge < -0.3 is 10.1 Å². The zero-order chi connectivity index (χ0) is 11.5.